The zero-order valence-electron chi connectivity index (χ0n) is 9.86. The lowest BCUT2D eigenvalue weighted by Crippen LogP contribution is -2.09. The van der Waals surface area contributed by atoms with Crippen molar-refractivity contribution in [3.8, 4) is 11.5 Å². The van der Waals surface area contributed by atoms with Crippen LogP contribution in [0.15, 0.2) is 42.5 Å². The highest BCUT2D eigenvalue weighted by Crippen LogP contribution is 2.34. The summed E-state index contributed by atoms with van der Waals surface area (Å²) in [6, 6.07) is 14.5. The molecule has 0 saturated heterocycles. The highest BCUT2D eigenvalue weighted by Gasteiger charge is 2.11. The van der Waals surface area contributed by atoms with Gasteiger partial charge in [-0.05, 0) is 42.7 Å². The van der Waals surface area contributed by atoms with Crippen molar-refractivity contribution < 1.29 is 4.74 Å². The molecule has 1 aliphatic heterocycles. The molecular formula is C15H15NO. The second-order valence-corrected chi connectivity index (χ2v) is 4.39. The molecule has 2 aromatic rings. The molecule has 0 atom stereocenters. The van der Waals surface area contributed by atoms with E-state index in [-0.39, 0.29) is 0 Å². The smallest absolute Gasteiger partial charge is 0.150 e. The number of rotatable bonds is 0. The molecule has 0 spiro atoms. The molecule has 0 radical (unpaired) electrons. The first-order valence-corrected chi connectivity index (χ1v) is 5.93. The molecule has 1 heterocycles. The fourth-order valence-electron chi connectivity index (χ4n) is 2.13. The van der Waals surface area contributed by atoms with E-state index in [4.69, 9.17) is 4.74 Å². The van der Waals surface area contributed by atoms with E-state index < -0.39 is 0 Å². The van der Waals surface area contributed by atoms with Crippen LogP contribution in [-0.2, 0) is 6.42 Å². The van der Waals surface area contributed by atoms with Gasteiger partial charge in [0.2, 0.25) is 0 Å². The lowest BCUT2D eigenvalue weighted by Gasteiger charge is -2.19. The summed E-state index contributed by atoms with van der Waals surface area (Å²) in [5.74, 6) is 1.88. The summed E-state index contributed by atoms with van der Waals surface area (Å²) < 4.78 is 5.97. The van der Waals surface area contributed by atoms with Gasteiger partial charge in [-0.25, -0.2) is 0 Å². The third-order valence-corrected chi connectivity index (χ3v) is 3.04. The number of hydrogen-bond acceptors (Lipinski definition) is 2. The molecule has 0 unspecified atom stereocenters. The Labute approximate surface area is 101 Å². The summed E-state index contributed by atoms with van der Waals surface area (Å²) in [6.07, 6.45) is 0.990. The van der Waals surface area contributed by atoms with Crippen LogP contribution >= 0.6 is 0 Å². The van der Waals surface area contributed by atoms with Gasteiger partial charge in [0.05, 0.1) is 5.69 Å². The van der Waals surface area contributed by atoms with Crippen LogP contribution in [0.25, 0.3) is 0 Å². The average molecular weight is 225 g/mol. The van der Waals surface area contributed by atoms with Gasteiger partial charge in [-0.2, -0.15) is 0 Å². The standard InChI is InChI=1S/C15H15NO/c1-11-6-7-15-13(10-11)16-9-8-12-4-2-3-5-14(12)17-15/h2-7,10,16H,8-9H2,1H3. The minimum Gasteiger partial charge on any atom is -0.455 e. The molecule has 0 amide bonds. The van der Waals surface area contributed by atoms with Crippen LogP contribution in [0, 0.1) is 6.92 Å². The van der Waals surface area contributed by atoms with Gasteiger partial charge in [-0.1, -0.05) is 24.3 Å². The molecule has 2 aromatic carbocycles. The van der Waals surface area contributed by atoms with Gasteiger partial charge in [-0.3, -0.25) is 0 Å². The van der Waals surface area contributed by atoms with Crippen molar-refractivity contribution in [1.29, 1.82) is 0 Å². The van der Waals surface area contributed by atoms with Gasteiger partial charge in [0.25, 0.3) is 0 Å². The second kappa shape index (κ2) is 4.13. The molecule has 17 heavy (non-hydrogen) atoms. The average Bonchev–Trinajstić information content (AvgIpc) is 2.31. The molecule has 2 nitrogen and oxygen atoms in total. The molecule has 2 heteroatoms. The van der Waals surface area contributed by atoms with Gasteiger partial charge in [0.15, 0.2) is 5.75 Å². The Kier molecular flexibility index (Phi) is 2.48. The van der Waals surface area contributed by atoms with Crippen molar-refractivity contribution in [2.75, 3.05) is 11.9 Å². The van der Waals surface area contributed by atoms with Gasteiger partial charge < -0.3 is 10.1 Å². The molecule has 3 rings (SSSR count). The van der Waals surface area contributed by atoms with E-state index in [1.54, 1.807) is 0 Å². The Morgan fingerprint density at radius 2 is 1.94 bits per heavy atom. The zero-order chi connectivity index (χ0) is 11.7. The minimum absolute atomic E-state index is 0.905. The highest BCUT2D eigenvalue weighted by atomic mass is 16.5. The predicted molar refractivity (Wildman–Crippen MR) is 69.9 cm³/mol. The van der Waals surface area contributed by atoms with Crippen molar-refractivity contribution in [2.45, 2.75) is 13.3 Å². The lowest BCUT2D eigenvalue weighted by molar-refractivity contribution is 0.475. The van der Waals surface area contributed by atoms with Crippen LogP contribution < -0.4 is 10.1 Å². The van der Waals surface area contributed by atoms with E-state index in [0.29, 0.717) is 0 Å². The Morgan fingerprint density at radius 3 is 2.88 bits per heavy atom. The monoisotopic (exact) mass is 225 g/mol. The normalized spacial score (nSPS) is 13.5. The number of hydrogen-bond donors (Lipinski definition) is 1. The van der Waals surface area contributed by atoms with Crippen LogP contribution in [0.3, 0.4) is 0 Å². The van der Waals surface area contributed by atoms with E-state index in [1.165, 1.54) is 11.1 Å². The third kappa shape index (κ3) is 1.98. The van der Waals surface area contributed by atoms with Gasteiger partial charge >= 0.3 is 0 Å². The van der Waals surface area contributed by atoms with Crippen LogP contribution in [0.2, 0.25) is 0 Å². The number of ether oxygens (including phenoxy) is 1. The summed E-state index contributed by atoms with van der Waals surface area (Å²) in [5, 5.41) is 3.42. The summed E-state index contributed by atoms with van der Waals surface area (Å²) in [5.41, 5.74) is 3.58. The van der Waals surface area contributed by atoms with E-state index in [9.17, 15) is 0 Å². The van der Waals surface area contributed by atoms with E-state index in [1.807, 2.05) is 18.2 Å². The van der Waals surface area contributed by atoms with E-state index >= 15 is 0 Å². The first-order valence-electron chi connectivity index (χ1n) is 5.93. The number of fused-ring (bicyclic) bond motifs is 2. The topological polar surface area (TPSA) is 21.3 Å². The maximum absolute atomic E-state index is 5.97. The third-order valence-electron chi connectivity index (χ3n) is 3.04. The molecule has 86 valence electrons. The maximum atomic E-state index is 5.97. The molecule has 1 aliphatic rings. The zero-order valence-corrected chi connectivity index (χ0v) is 9.86. The summed E-state index contributed by atoms with van der Waals surface area (Å²) in [6.45, 7) is 3.03. The largest absolute Gasteiger partial charge is 0.455 e. The molecular weight excluding hydrogens is 210 g/mol. The van der Waals surface area contributed by atoms with Crippen molar-refractivity contribution >= 4 is 5.69 Å². The molecule has 0 bridgehead atoms. The maximum Gasteiger partial charge on any atom is 0.150 e. The minimum atomic E-state index is 0.905. The van der Waals surface area contributed by atoms with Crippen LogP contribution in [0.1, 0.15) is 11.1 Å². The van der Waals surface area contributed by atoms with Crippen LogP contribution in [0.4, 0.5) is 5.69 Å². The van der Waals surface area contributed by atoms with Crippen molar-refractivity contribution in [1.82, 2.24) is 0 Å². The second-order valence-electron chi connectivity index (χ2n) is 4.39. The summed E-state index contributed by atoms with van der Waals surface area (Å²) in [4.78, 5) is 0. The Bertz CT molecular complexity index is 548. The first-order chi connectivity index (χ1) is 8.33. The Morgan fingerprint density at radius 1 is 1.06 bits per heavy atom. The Balaban J connectivity index is 2.06. The summed E-state index contributed by atoms with van der Waals surface area (Å²) >= 11 is 0. The predicted octanol–water partition coefficient (Wildman–Crippen LogP) is 3.76. The van der Waals surface area contributed by atoms with Crippen LogP contribution in [0.5, 0.6) is 11.5 Å². The molecule has 0 saturated carbocycles. The fourth-order valence-corrected chi connectivity index (χ4v) is 2.13. The van der Waals surface area contributed by atoms with Gasteiger partial charge in [0, 0.05) is 6.54 Å². The molecule has 0 fully saturated rings. The van der Waals surface area contributed by atoms with E-state index in [0.717, 1.165) is 30.2 Å². The lowest BCUT2D eigenvalue weighted by atomic mass is 10.1. The molecule has 1 N–H and O–H groups in total. The first kappa shape index (κ1) is 10.2. The molecule has 0 aromatic heterocycles. The summed E-state index contributed by atoms with van der Waals surface area (Å²) in [7, 11) is 0. The van der Waals surface area contributed by atoms with Gasteiger partial charge in [0.1, 0.15) is 5.75 Å². The van der Waals surface area contributed by atoms with Gasteiger partial charge in [-0.15, -0.1) is 0 Å². The van der Waals surface area contributed by atoms with Crippen LogP contribution in [-0.4, -0.2) is 6.54 Å². The Hall–Kier alpha value is -1.96. The van der Waals surface area contributed by atoms with Crippen molar-refractivity contribution in [3.63, 3.8) is 0 Å². The number of benzene rings is 2. The highest BCUT2D eigenvalue weighted by molar-refractivity contribution is 5.60. The number of para-hydroxylation sites is 1. The van der Waals surface area contributed by atoms with E-state index in [2.05, 4.69) is 36.5 Å². The fraction of sp³-hybridized carbons (Fsp3) is 0.200. The molecule has 0 aliphatic carbocycles. The quantitative estimate of drug-likeness (QED) is 0.737. The number of anilines is 1. The van der Waals surface area contributed by atoms with Crippen molar-refractivity contribution in [3.05, 3.63) is 53.6 Å². The van der Waals surface area contributed by atoms with Crippen molar-refractivity contribution in [2.24, 2.45) is 0 Å². The number of nitrogens with one attached hydrogen (secondary N) is 1. The SMILES string of the molecule is Cc1ccc2c(c1)NCCc1ccccc1O2. The number of aryl methyl sites for hydroxylation is 1.